The summed E-state index contributed by atoms with van der Waals surface area (Å²) in [4.78, 5) is 13.0. The summed E-state index contributed by atoms with van der Waals surface area (Å²) in [5.41, 5.74) is 1.46. The average Bonchev–Trinajstić information content (AvgIpc) is 3.16. The molecule has 0 saturated carbocycles. The van der Waals surface area contributed by atoms with E-state index in [1.54, 1.807) is 25.1 Å². The van der Waals surface area contributed by atoms with Crippen molar-refractivity contribution >= 4 is 27.8 Å². The minimum absolute atomic E-state index is 0.108. The van der Waals surface area contributed by atoms with Gasteiger partial charge in [-0.05, 0) is 46.7 Å². The van der Waals surface area contributed by atoms with Gasteiger partial charge in [-0.1, -0.05) is 42.5 Å². The van der Waals surface area contributed by atoms with Gasteiger partial charge in [-0.15, -0.1) is 5.10 Å². The number of carbonyl (C=O) groups excluding carboxylic acids is 1. The standard InChI is InChI=1S/C20H21N5O4S/c1-15-21-22-23-25(15)19(13-16-8-5-4-6-9-16)20(26)29-14-17-10-7-11-18(12-17)30(27,28)24(2)3/h4-13H,14H2,1-3H3. The zero-order valence-electron chi connectivity index (χ0n) is 16.8. The van der Waals surface area contributed by atoms with Gasteiger partial charge < -0.3 is 4.74 Å². The van der Waals surface area contributed by atoms with Crippen LogP contribution in [0.1, 0.15) is 17.0 Å². The Labute approximate surface area is 174 Å². The van der Waals surface area contributed by atoms with Crippen LogP contribution in [0.3, 0.4) is 0 Å². The topological polar surface area (TPSA) is 107 Å². The van der Waals surface area contributed by atoms with E-state index in [9.17, 15) is 13.2 Å². The minimum Gasteiger partial charge on any atom is -0.456 e. The predicted octanol–water partition coefficient (Wildman–Crippen LogP) is 1.97. The van der Waals surface area contributed by atoms with E-state index in [0.717, 1.165) is 9.87 Å². The Balaban J connectivity index is 1.84. The van der Waals surface area contributed by atoms with Crippen LogP contribution >= 0.6 is 0 Å². The van der Waals surface area contributed by atoms with E-state index in [2.05, 4.69) is 15.5 Å². The van der Waals surface area contributed by atoms with Crippen molar-refractivity contribution in [3.8, 4) is 0 Å². The zero-order valence-corrected chi connectivity index (χ0v) is 17.6. The van der Waals surface area contributed by atoms with Gasteiger partial charge in [0, 0.05) is 14.1 Å². The van der Waals surface area contributed by atoms with Crippen LogP contribution in [0.15, 0.2) is 59.5 Å². The van der Waals surface area contributed by atoms with E-state index < -0.39 is 16.0 Å². The number of benzene rings is 2. The molecule has 0 unspecified atom stereocenters. The lowest BCUT2D eigenvalue weighted by atomic mass is 10.2. The van der Waals surface area contributed by atoms with Gasteiger partial charge in [-0.25, -0.2) is 17.5 Å². The van der Waals surface area contributed by atoms with Crippen LogP contribution < -0.4 is 0 Å². The fourth-order valence-electron chi connectivity index (χ4n) is 2.60. The lowest BCUT2D eigenvalue weighted by molar-refractivity contribution is -0.138. The predicted molar refractivity (Wildman–Crippen MR) is 110 cm³/mol. The lowest BCUT2D eigenvalue weighted by Crippen LogP contribution is -2.22. The summed E-state index contributed by atoms with van der Waals surface area (Å²) in [6.07, 6.45) is 1.62. The van der Waals surface area contributed by atoms with Gasteiger partial charge in [0.2, 0.25) is 10.0 Å². The van der Waals surface area contributed by atoms with Gasteiger partial charge in [-0.3, -0.25) is 0 Å². The summed E-state index contributed by atoms with van der Waals surface area (Å²) >= 11 is 0. The maximum Gasteiger partial charge on any atom is 0.357 e. The van der Waals surface area contributed by atoms with Crippen LogP contribution in [-0.2, 0) is 26.2 Å². The van der Waals surface area contributed by atoms with Crippen molar-refractivity contribution in [2.24, 2.45) is 0 Å². The molecule has 30 heavy (non-hydrogen) atoms. The van der Waals surface area contributed by atoms with E-state index >= 15 is 0 Å². The molecule has 3 aromatic rings. The quantitative estimate of drug-likeness (QED) is 0.419. The number of ether oxygens (including phenoxy) is 1. The number of rotatable bonds is 7. The van der Waals surface area contributed by atoms with E-state index in [1.807, 2.05) is 30.3 Å². The molecule has 0 aliphatic heterocycles. The van der Waals surface area contributed by atoms with Crippen LogP contribution in [0.4, 0.5) is 0 Å². The summed E-state index contributed by atoms with van der Waals surface area (Å²) in [5, 5.41) is 11.3. The second-order valence-electron chi connectivity index (χ2n) is 6.59. The van der Waals surface area contributed by atoms with E-state index in [1.165, 1.54) is 30.9 Å². The van der Waals surface area contributed by atoms with Gasteiger partial charge in [0.05, 0.1) is 4.90 Å². The van der Waals surface area contributed by atoms with Crippen molar-refractivity contribution in [2.45, 2.75) is 18.4 Å². The Morgan fingerprint density at radius 2 is 1.87 bits per heavy atom. The fraction of sp³-hybridized carbons (Fsp3) is 0.200. The van der Waals surface area contributed by atoms with E-state index in [0.29, 0.717) is 11.4 Å². The number of hydrogen-bond acceptors (Lipinski definition) is 7. The Morgan fingerprint density at radius 3 is 2.50 bits per heavy atom. The smallest absolute Gasteiger partial charge is 0.357 e. The van der Waals surface area contributed by atoms with E-state index in [4.69, 9.17) is 4.74 Å². The molecule has 1 aromatic heterocycles. The molecule has 0 aliphatic rings. The third-order valence-corrected chi connectivity index (χ3v) is 6.02. The maximum atomic E-state index is 12.8. The van der Waals surface area contributed by atoms with Crippen molar-refractivity contribution in [3.63, 3.8) is 0 Å². The molecule has 10 heteroatoms. The number of esters is 1. The summed E-state index contributed by atoms with van der Waals surface area (Å²) in [6.45, 7) is 1.56. The molecule has 0 N–H and O–H groups in total. The van der Waals surface area contributed by atoms with E-state index in [-0.39, 0.29) is 17.2 Å². The molecule has 0 fully saturated rings. The summed E-state index contributed by atoms with van der Waals surface area (Å²) in [7, 11) is -0.674. The molecule has 0 radical (unpaired) electrons. The molecule has 9 nitrogen and oxygen atoms in total. The Hall–Kier alpha value is -3.37. The highest BCUT2D eigenvalue weighted by Gasteiger charge is 2.20. The molecule has 156 valence electrons. The maximum absolute atomic E-state index is 12.8. The minimum atomic E-state index is -3.59. The first-order valence-corrected chi connectivity index (χ1v) is 10.4. The number of aryl methyl sites for hydroxylation is 1. The number of carbonyl (C=O) groups is 1. The van der Waals surface area contributed by atoms with Crippen molar-refractivity contribution in [2.75, 3.05) is 14.1 Å². The number of aromatic nitrogens is 4. The van der Waals surface area contributed by atoms with Crippen molar-refractivity contribution < 1.29 is 17.9 Å². The molecule has 0 saturated heterocycles. The third kappa shape index (κ3) is 4.78. The highest BCUT2D eigenvalue weighted by molar-refractivity contribution is 7.89. The first-order valence-electron chi connectivity index (χ1n) is 9.00. The summed E-state index contributed by atoms with van der Waals surface area (Å²) in [6, 6.07) is 15.5. The van der Waals surface area contributed by atoms with Crippen molar-refractivity contribution in [3.05, 3.63) is 71.5 Å². The molecule has 2 aromatic carbocycles. The van der Waals surface area contributed by atoms with Crippen LogP contribution in [0.5, 0.6) is 0 Å². The highest BCUT2D eigenvalue weighted by Crippen LogP contribution is 2.18. The molecule has 0 aliphatic carbocycles. The van der Waals surface area contributed by atoms with Crippen LogP contribution in [0, 0.1) is 6.92 Å². The molecule has 0 spiro atoms. The molecular weight excluding hydrogens is 406 g/mol. The number of sulfonamides is 1. The summed E-state index contributed by atoms with van der Waals surface area (Å²) in [5.74, 6) is -0.219. The van der Waals surface area contributed by atoms with Crippen molar-refractivity contribution in [1.29, 1.82) is 0 Å². The van der Waals surface area contributed by atoms with Crippen molar-refractivity contribution in [1.82, 2.24) is 24.5 Å². The number of tetrazole rings is 1. The largest absolute Gasteiger partial charge is 0.456 e. The van der Waals surface area contributed by atoms with Crippen LogP contribution in [0.25, 0.3) is 11.8 Å². The van der Waals surface area contributed by atoms with Crippen LogP contribution in [0.2, 0.25) is 0 Å². The normalized spacial score (nSPS) is 12.2. The van der Waals surface area contributed by atoms with Gasteiger partial charge in [0.25, 0.3) is 0 Å². The zero-order chi connectivity index (χ0) is 21.7. The highest BCUT2D eigenvalue weighted by atomic mass is 32.2. The monoisotopic (exact) mass is 427 g/mol. The molecule has 1 heterocycles. The molecular formula is C20H21N5O4S. The Bertz CT molecular complexity index is 1170. The average molecular weight is 427 g/mol. The molecule has 0 bridgehead atoms. The number of nitrogens with zero attached hydrogens (tertiary/aromatic N) is 5. The van der Waals surface area contributed by atoms with Gasteiger partial charge >= 0.3 is 5.97 Å². The van der Waals surface area contributed by atoms with Crippen LogP contribution in [-0.4, -0.2) is 53.0 Å². The second kappa shape index (κ2) is 8.97. The molecule has 3 rings (SSSR count). The molecule has 0 atom stereocenters. The molecule has 0 amide bonds. The first-order chi connectivity index (χ1) is 14.3. The Morgan fingerprint density at radius 1 is 1.13 bits per heavy atom. The third-order valence-electron chi connectivity index (χ3n) is 4.21. The fourth-order valence-corrected chi connectivity index (χ4v) is 3.57. The summed E-state index contributed by atoms with van der Waals surface area (Å²) < 4.78 is 32.5. The van der Waals surface area contributed by atoms with Gasteiger partial charge in [-0.2, -0.15) is 4.68 Å². The first kappa shape index (κ1) is 21.3. The van der Waals surface area contributed by atoms with Gasteiger partial charge in [0.1, 0.15) is 6.61 Å². The Kier molecular flexibility index (Phi) is 6.38. The lowest BCUT2D eigenvalue weighted by Gasteiger charge is -2.13. The second-order valence-corrected chi connectivity index (χ2v) is 8.74. The van der Waals surface area contributed by atoms with Gasteiger partial charge in [0.15, 0.2) is 11.5 Å². The number of hydrogen-bond donors (Lipinski definition) is 0. The SMILES string of the molecule is Cc1nnnn1C(=Cc1ccccc1)C(=O)OCc1cccc(S(=O)(=O)N(C)C)c1.